The molecule has 0 N–H and O–H groups in total. The molecule has 1 aliphatic heterocycles. The maximum Gasteiger partial charge on any atom is 0.224 e. The van der Waals surface area contributed by atoms with Crippen molar-refractivity contribution in [3.63, 3.8) is 0 Å². The molecule has 3 nitrogen and oxygen atoms in total. The van der Waals surface area contributed by atoms with Gasteiger partial charge in [0.25, 0.3) is 0 Å². The van der Waals surface area contributed by atoms with E-state index in [-0.39, 0.29) is 5.91 Å². The van der Waals surface area contributed by atoms with E-state index in [4.69, 9.17) is 4.74 Å². The summed E-state index contributed by atoms with van der Waals surface area (Å²) in [6.45, 7) is 1.43. The van der Waals surface area contributed by atoms with Gasteiger partial charge in [0.05, 0.1) is 6.10 Å². The van der Waals surface area contributed by atoms with Gasteiger partial charge in [0.15, 0.2) is 0 Å². The first-order valence-corrected chi connectivity index (χ1v) is 8.75. The molecule has 0 spiro atoms. The number of likely N-dealkylation sites (tertiary alicyclic amines) is 1. The second-order valence-corrected chi connectivity index (χ2v) is 6.44. The topological polar surface area (TPSA) is 29.5 Å². The van der Waals surface area contributed by atoms with Crippen LogP contribution in [0.1, 0.15) is 83.5 Å². The Morgan fingerprint density at radius 3 is 1.90 bits per heavy atom. The molecule has 116 valence electrons. The van der Waals surface area contributed by atoms with Crippen LogP contribution in [0.4, 0.5) is 0 Å². The van der Waals surface area contributed by atoms with Gasteiger partial charge in [-0.2, -0.15) is 0 Å². The standard InChI is InChI=1S/C17H31NO2/c19-17-13-10-14-18(17)15-20-16-11-8-6-4-2-1-3-5-7-9-12-16/h16H,1-15H2. The molecule has 1 heterocycles. The first kappa shape index (κ1) is 15.8. The van der Waals surface area contributed by atoms with E-state index in [1.54, 1.807) is 0 Å². The zero-order chi connectivity index (χ0) is 14.0. The maximum absolute atomic E-state index is 11.6. The molecule has 1 saturated heterocycles. The summed E-state index contributed by atoms with van der Waals surface area (Å²) in [5.41, 5.74) is 0. The van der Waals surface area contributed by atoms with Gasteiger partial charge in [0, 0.05) is 13.0 Å². The third-order valence-electron chi connectivity index (χ3n) is 4.69. The summed E-state index contributed by atoms with van der Waals surface area (Å²) in [6, 6.07) is 0. The number of carbonyl (C=O) groups excluding carboxylic acids is 1. The molecular weight excluding hydrogens is 250 g/mol. The number of ether oxygens (including phenoxy) is 1. The molecule has 0 aromatic carbocycles. The van der Waals surface area contributed by atoms with Gasteiger partial charge in [-0.3, -0.25) is 4.79 Å². The molecule has 0 atom stereocenters. The molecular formula is C17H31NO2. The highest BCUT2D eigenvalue weighted by Gasteiger charge is 2.21. The molecule has 20 heavy (non-hydrogen) atoms. The molecule has 1 aliphatic carbocycles. The molecule has 3 heteroatoms. The van der Waals surface area contributed by atoms with E-state index in [1.807, 2.05) is 4.90 Å². The second-order valence-electron chi connectivity index (χ2n) is 6.44. The van der Waals surface area contributed by atoms with Crippen molar-refractivity contribution in [1.82, 2.24) is 4.90 Å². The van der Waals surface area contributed by atoms with Crippen LogP contribution in [0.2, 0.25) is 0 Å². The Hall–Kier alpha value is -0.570. The van der Waals surface area contributed by atoms with E-state index in [1.165, 1.54) is 70.6 Å². The molecule has 0 radical (unpaired) electrons. The highest BCUT2D eigenvalue weighted by atomic mass is 16.5. The van der Waals surface area contributed by atoms with Crippen LogP contribution >= 0.6 is 0 Å². The molecule has 2 aliphatic rings. The summed E-state index contributed by atoms with van der Waals surface area (Å²) >= 11 is 0. The third-order valence-corrected chi connectivity index (χ3v) is 4.69. The van der Waals surface area contributed by atoms with Crippen molar-refractivity contribution < 1.29 is 9.53 Å². The number of nitrogens with zero attached hydrogens (tertiary/aromatic N) is 1. The highest BCUT2D eigenvalue weighted by Crippen LogP contribution is 2.19. The molecule has 0 bridgehead atoms. The minimum absolute atomic E-state index is 0.276. The molecule has 0 unspecified atom stereocenters. The highest BCUT2D eigenvalue weighted by molar-refractivity contribution is 5.77. The zero-order valence-electron chi connectivity index (χ0n) is 12.9. The Balaban J connectivity index is 1.69. The fraction of sp³-hybridized carbons (Fsp3) is 0.941. The van der Waals surface area contributed by atoms with Crippen LogP contribution in [-0.4, -0.2) is 30.2 Å². The van der Waals surface area contributed by atoms with Gasteiger partial charge in [0.1, 0.15) is 6.73 Å². The molecule has 1 saturated carbocycles. The normalized spacial score (nSPS) is 24.4. The monoisotopic (exact) mass is 281 g/mol. The predicted octanol–water partition coefficient (Wildman–Crippen LogP) is 4.26. The van der Waals surface area contributed by atoms with Gasteiger partial charge in [-0.25, -0.2) is 0 Å². The summed E-state index contributed by atoms with van der Waals surface area (Å²) in [5, 5.41) is 0. The van der Waals surface area contributed by atoms with Crippen molar-refractivity contribution in [3.8, 4) is 0 Å². The van der Waals surface area contributed by atoms with Gasteiger partial charge in [-0.15, -0.1) is 0 Å². The summed E-state index contributed by atoms with van der Waals surface area (Å²) in [4.78, 5) is 13.5. The Morgan fingerprint density at radius 1 is 0.850 bits per heavy atom. The van der Waals surface area contributed by atoms with Crippen LogP contribution in [0.3, 0.4) is 0 Å². The summed E-state index contributed by atoms with van der Waals surface area (Å²) in [5.74, 6) is 0.276. The van der Waals surface area contributed by atoms with Crippen LogP contribution in [0.25, 0.3) is 0 Å². The van der Waals surface area contributed by atoms with Crippen LogP contribution in [0, 0.1) is 0 Å². The lowest BCUT2D eigenvalue weighted by molar-refractivity contribution is -0.134. The molecule has 2 rings (SSSR count). The molecule has 0 aromatic rings. The maximum atomic E-state index is 11.6. The fourth-order valence-corrected chi connectivity index (χ4v) is 3.33. The lowest BCUT2D eigenvalue weighted by Gasteiger charge is -2.23. The summed E-state index contributed by atoms with van der Waals surface area (Å²) in [7, 11) is 0. The SMILES string of the molecule is O=C1CCCN1COC1CCCCCCCCCCC1. The average Bonchev–Trinajstić information content (AvgIpc) is 2.84. The van der Waals surface area contributed by atoms with E-state index < -0.39 is 0 Å². The van der Waals surface area contributed by atoms with Crippen molar-refractivity contribution in [2.24, 2.45) is 0 Å². The first-order valence-electron chi connectivity index (χ1n) is 8.75. The second kappa shape index (κ2) is 9.38. The van der Waals surface area contributed by atoms with Crippen LogP contribution in [0.15, 0.2) is 0 Å². The van der Waals surface area contributed by atoms with E-state index >= 15 is 0 Å². The first-order chi connectivity index (χ1) is 9.86. The van der Waals surface area contributed by atoms with Gasteiger partial charge in [-0.05, 0) is 19.3 Å². The molecule has 2 fully saturated rings. The fourth-order valence-electron chi connectivity index (χ4n) is 3.33. The van der Waals surface area contributed by atoms with Crippen molar-refractivity contribution >= 4 is 5.91 Å². The number of carbonyl (C=O) groups is 1. The van der Waals surface area contributed by atoms with Crippen molar-refractivity contribution in [2.45, 2.75) is 89.6 Å². The number of amides is 1. The number of hydrogen-bond donors (Lipinski definition) is 0. The number of hydrogen-bond acceptors (Lipinski definition) is 2. The molecule has 0 aromatic heterocycles. The number of rotatable bonds is 3. The third kappa shape index (κ3) is 5.82. The quantitative estimate of drug-likeness (QED) is 0.773. The Kier molecular flexibility index (Phi) is 7.42. The minimum atomic E-state index is 0.276. The summed E-state index contributed by atoms with van der Waals surface area (Å²) in [6.07, 6.45) is 16.8. The van der Waals surface area contributed by atoms with Crippen molar-refractivity contribution in [2.75, 3.05) is 13.3 Å². The van der Waals surface area contributed by atoms with Gasteiger partial charge < -0.3 is 9.64 Å². The van der Waals surface area contributed by atoms with E-state index in [9.17, 15) is 4.79 Å². The van der Waals surface area contributed by atoms with Crippen molar-refractivity contribution in [3.05, 3.63) is 0 Å². The zero-order valence-corrected chi connectivity index (χ0v) is 12.9. The lowest BCUT2D eigenvalue weighted by atomic mass is 9.99. The van der Waals surface area contributed by atoms with E-state index in [0.717, 1.165) is 13.0 Å². The van der Waals surface area contributed by atoms with E-state index in [2.05, 4.69) is 0 Å². The van der Waals surface area contributed by atoms with Crippen LogP contribution < -0.4 is 0 Å². The van der Waals surface area contributed by atoms with Gasteiger partial charge in [-0.1, -0.05) is 57.8 Å². The van der Waals surface area contributed by atoms with Gasteiger partial charge >= 0.3 is 0 Å². The Bertz CT molecular complexity index is 268. The van der Waals surface area contributed by atoms with Gasteiger partial charge in [0.2, 0.25) is 5.91 Å². The van der Waals surface area contributed by atoms with Crippen LogP contribution in [-0.2, 0) is 9.53 Å². The molecule has 1 amide bonds. The van der Waals surface area contributed by atoms with Crippen molar-refractivity contribution in [1.29, 1.82) is 0 Å². The Labute approximate surface area is 124 Å². The smallest absolute Gasteiger partial charge is 0.224 e. The Morgan fingerprint density at radius 2 is 1.40 bits per heavy atom. The largest absolute Gasteiger partial charge is 0.358 e. The average molecular weight is 281 g/mol. The van der Waals surface area contributed by atoms with Crippen LogP contribution in [0.5, 0.6) is 0 Å². The van der Waals surface area contributed by atoms with E-state index in [0.29, 0.717) is 19.3 Å². The predicted molar refractivity (Wildman–Crippen MR) is 81.5 cm³/mol. The lowest BCUT2D eigenvalue weighted by Crippen LogP contribution is -2.30. The summed E-state index contributed by atoms with van der Waals surface area (Å²) < 4.78 is 6.05. The minimum Gasteiger partial charge on any atom is -0.358 e.